The Balaban J connectivity index is 1.75. The molecule has 6 heteroatoms. The first-order valence-corrected chi connectivity index (χ1v) is 7.74. The summed E-state index contributed by atoms with van der Waals surface area (Å²) < 4.78 is 15.8. The summed E-state index contributed by atoms with van der Waals surface area (Å²) in [5, 5.41) is 0. The second kappa shape index (κ2) is 6.76. The molecule has 0 amide bonds. The highest BCUT2D eigenvalue weighted by Gasteiger charge is 2.38. The number of esters is 2. The van der Waals surface area contributed by atoms with Crippen LogP contribution in [0.15, 0.2) is 54.2 Å². The first-order valence-electron chi connectivity index (χ1n) is 7.74. The monoisotopic (exact) mass is 339 g/mol. The van der Waals surface area contributed by atoms with Crippen LogP contribution in [0, 0.1) is 0 Å². The number of carbonyl (C=O) groups excluding carboxylic acids is 2. The highest BCUT2D eigenvalue weighted by atomic mass is 16.7. The van der Waals surface area contributed by atoms with Crippen LogP contribution in [0.4, 0.5) is 0 Å². The summed E-state index contributed by atoms with van der Waals surface area (Å²) in [5.74, 6) is -2.07. The van der Waals surface area contributed by atoms with E-state index in [9.17, 15) is 9.59 Å². The first kappa shape index (κ1) is 16.7. The number of aromatic nitrogens is 1. The van der Waals surface area contributed by atoms with Gasteiger partial charge in [-0.25, -0.2) is 9.59 Å². The molecule has 0 atom stereocenters. The molecule has 3 rings (SSSR count). The summed E-state index contributed by atoms with van der Waals surface area (Å²) in [5.41, 5.74) is 1.27. The summed E-state index contributed by atoms with van der Waals surface area (Å²) in [4.78, 5) is 28.2. The molecule has 0 saturated carbocycles. The molecule has 2 aromatic rings. The van der Waals surface area contributed by atoms with Crippen LogP contribution in [0.3, 0.4) is 0 Å². The van der Waals surface area contributed by atoms with Gasteiger partial charge < -0.3 is 14.2 Å². The van der Waals surface area contributed by atoms with Crippen LogP contribution in [-0.2, 0) is 25.7 Å². The zero-order valence-corrected chi connectivity index (χ0v) is 13.9. The molecule has 1 aliphatic rings. The van der Waals surface area contributed by atoms with Crippen molar-refractivity contribution in [3.05, 3.63) is 65.5 Å². The number of carbonyl (C=O) groups is 2. The number of cyclic esters (lactones) is 2. The van der Waals surface area contributed by atoms with Gasteiger partial charge in [-0.3, -0.25) is 4.98 Å². The minimum atomic E-state index is -1.25. The molecular formula is C19H17NO5. The van der Waals surface area contributed by atoms with E-state index in [0.717, 1.165) is 5.69 Å². The zero-order valence-electron chi connectivity index (χ0n) is 13.9. The van der Waals surface area contributed by atoms with E-state index in [2.05, 4.69) is 4.98 Å². The fourth-order valence-electron chi connectivity index (χ4n) is 2.28. The maximum Gasteiger partial charge on any atom is 0.348 e. The average molecular weight is 339 g/mol. The molecular weight excluding hydrogens is 322 g/mol. The summed E-state index contributed by atoms with van der Waals surface area (Å²) in [6, 6.07) is 12.6. The molecule has 1 fully saturated rings. The van der Waals surface area contributed by atoms with Gasteiger partial charge in [-0.1, -0.05) is 18.2 Å². The van der Waals surface area contributed by atoms with Gasteiger partial charge in [0.1, 0.15) is 17.9 Å². The second-order valence-corrected chi connectivity index (χ2v) is 5.92. The molecule has 0 N–H and O–H groups in total. The van der Waals surface area contributed by atoms with Crippen LogP contribution in [0.1, 0.15) is 25.1 Å². The minimum Gasteiger partial charge on any atom is -0.487 e. The van der Waals surface area contributed by atoms with E-state index < -0.39 is 17.7 Å². The lowest BCUT2D eigenvalue weighted by atomic mass is 10.1. The number of hydrogen-bond acceptors (Lipinski definition) is 6. The van der Waals surface area contributed by atoms with Gasteiger partial charge in [0, 0.05) is 20.0 Å². The van der Waals surface area contributed by atoms with Gasteiger partial charge in [-0.15, -0.1) is 0 Å². The average Bonchev–Trinajstić information content (AvgIpc) is 2.57. The van der Waals surface area contributed by atoms with Crippen LogP contribution in [0.2, 0.25) is 0 Å². The lowest BCUT2D eigenvalue weighted by Crippen LogP contribution is -2.41. The van der Waals surface area contributed by atoms with E-state index in [-0.39, 0.29) is 5.57 Å². The van der Waals surface area contributed by atoms with Gasteiger partial charge in [0.15, 0.2) is 0 Å². The molecule has 1 saturated heterocycles. The van der Waals surface area contributed by atoms with Crippen LogP contribution in [0.5, 0.6) is 5.75 Å². The third kappa shape index (κ3) is 4.23. The van der Waals surface area contributed by atoms with E-state index in [0.29, 0.717) is 17.9 Å². The molecule has 0 bridgehead atoms. The van der Waals surface area contributed by atoms with Gasteiger partial charge in [0.2, 0.25) is 0 Å². The molecule has 0 aliphatic carbocycles. The molecule has 1 aromatic carbocycles. The van der Waals surface area contributed by atoms with Crippen molar-refractivity contribution in [3.8, 4) is 5.75 Å². The van der Waals surface area contributed by atoms with E-state index in [4.69, 9.17) is 14.2 Å². The molecule has 128 valence electrons. The van der Waals surface area contributed by atoms with E-state index in [1.807, 2.05) is 18.2 Å². The SMILES string of the molecule is CC1(C)OC(=O)C(=Cc2cccc(OCc3ccccn3)c2)C(=O)O1. The van der Waals surface area contributed by atoms with Crippen molar-refractivity contribution >= 4 is 18.0 Å². The molecule has 0 radical (unpaired) electrons. The maximum absolute atomic E-state index is 12.0. The number of benzene rings is 1. The number of hydrogen-bond donors (Lipinski definition) is 0. The number of rotatable bonds is 4. The van der Waals surface area contributed by atoms with Gasteiger partial charge >= 0.3 is 11.9 Å². The predicted octanol–water partition coefficient (Wildman–Crippen LogP) is 2.88. The number of ether oxygens (including phenoxy) is 3. The lowest BCUT2D eigenvalue weighted by molar-refractivity contribution is -0.222. The maximum atomic E-state index is 12.0. The van der Waals surface area contributed by atoms with Gasteiger partial charge in [-0.2, -0.15) is 0 Å². The Bertz CT molecular complexity index is 805. The van der Waals surface area contributed by atoms with Crippen molar-refractivity contribution in [1.29, 1.82) is 0 Å². The lowest BCUT2D eigenvalue weighted by Gasteiger charge is -2.29. The van der Waals surface area contributed by atoms with Crippen molar-refractivity contribution in [2.75, 3.05) is 0 Å². The van der Waals surface area contributed by atoms with Crippen LogP contribution < -0.4 is 4.74 Å². The van der Waals surface area contributed by atoms with Crippen LogP contribution in [-0.4, -0.2) is 22.7 Å². The predicted molar refractivity (Wildman–Crippen MR) is 89.3 cm³/mol. The van der Waals surface area contributed by atoms with Crippen molar-refractivity contribution in [2.24, 2.45) is 0 Å². The Morgan fingerprint density at radius 2 is 1.84 bits per heavy atom. The smallest absolute Gasteiger partial charge is 0.348 e. The second-order valence-electron chi connectivity index (χ2n) is 5.92. The van der Waals surface area contributed by atoms with E-state index in [1.165, 1.54) is 19.9 Å². The molecule has 0 unspecified atom stereocenters. The number of nitrogens with zero attached hydrogens (tertiary/aromatic N) is 1. The molecule has 6 nitrogen and oxygen atoms in total. The highest BCUT2D eigenvalue weighted by molar-refractivity contribution is 6.18. The fourth-order valence-corrected chi connectivity index (χ4v) is 2.28. The molecule has 1 aromatic heterocycles. The van der Waals surface area contributed by atoms with Gasteiger partial charge in [0.05, 0.1) is 5.69 Å². The molecule has 25 heavy (non-hydrogen) atoms. The molecule has 1 aliphatic heterocycles. The van der Waals surface area contributed by atoms with Crippen molar-refractivity contribution < 1.29 is 23.8 Å². The summed E-state index contributed by atoms with van der Waals surface area (Å²) in [6.07, 6.45) is 3.12. The third-order valence-corrected chi connectivity index (χ3v) is 3.40. The topological polar surface area (TPSA) is 74.7 Å². The number of pyridine rings is 1. The van der Waals surface area contributed by atoms with Crippen molar-refractivity contribution in [1.82, 2.24) is 4.98 Å². The Kier molecular flexibility index (Phi) is 4.52. The van der Waals surface area contributed by atoms with E-state index in [1.54, 1.807) is 30.5 Å². The zero-order chi connectivity index (χ0) is 17.9. The summed E-state index contributed by atoms with van der Waals surface area (Å²) >= 11 is 0. The highest BCUT2D eigenvalue weighted by Crippen LogP contribution is 2.25. The molecule has 2 heterocycles. The normalized spacial score (nSPS) is 16.0. The van der Waals surface area contributed by atoms with Crippen molar-refractivity contribution in [2.45, 2.75) is 26.2 Å². The van der Waals surface area contributed by atoms with Gasteiger partial charge in [-0.05, 0) is 35.9 Å². The first-order chi connectivity index (χ1) is 11.9. The van der Waals surface area contributed by atoms with Crippen molar-refractivity contribution in [3.63, 3.8) is 0 Å². The Morgan fingerprint density at radius 1 is 1.08 bits per heavy atom. The van der Waals surface area contributed by atoms with Crippen LogP contribution in [0.25, 0.3) is 6.08 Å². The third-order valence-electron chi connectivity index (χ3n) is 3.40. The van der Waals surface area contributed by atoms with Crippen LogP contribution >= 0.6 is 0 Å². The largest absolute Gasteiger partial charge is 0.487 e. The van der Waals surface area contributed by atoms with Gasteiger partial charge in [0.25, 0.3) is 5.79 Å². The molecule has 0 spiro atoms. The Morgan fingerprint density at radius 3 is 2.52 bits per heavy atom. The fraction of sp³-hybridized carbons (Fsp3) is 0.211. The minimum absolute atomic E-state index is 0.152. The quantitative estimate of drug-likeness (QED) is 0.484. The summed E-state index contributed by atoms with van der Waals surface area (Å²) in [6.45, 7) is 3.33. The van der Waals surface area contributed by atoms with E-state index >= 15 is 0 Å². The Hall–Kier alpha value is -3.15. The Labute approximate surface area is 145 Å². The standard InChI is InChI=1S/C19H17NO5/c1-19(2)24-17(21)16(18(22)25-19)11-13-6-5-8-15(10-13)23-12-14-7-3-4-9-20-14/h3-11H,12H2,1-2H3. The summed E-state index contributed by atoms with van der Waals surface area (Å²) in [7, 11) is 0.